The van der Waals surface area contributed by atoms with Crippen LogP contribution in [0.4, 0.5) is 11.4 Å². The van der Waals surface area contributed by atoms with Gasteiger partial charge in [-0.2, -0.15) is 0 Å². The molecule has 0 heterocycles. The minimum absolute atomic E-state index is 0.0104. The lowest BCUT2D eigenvalue weighted by Crippen LogP contribution is -2.21. The van der Waals surface area contributed by atoms with Crippen molar-refractivity contribution in [1.82, 2.24) is 0 Å². The molecule has 2 rings (SSSR count). The molecule has 2 aromatic rings. The maximum absolute atomic E-state index is 11.9. The second-order valence-corrected chi connectivity index (χ2v) is 6.63. The van der Waals surface area contributed by atoms with Gasteiger partial charge in [-0.25, -0.2) is 0 Å². The fourth-order valence-corrected chi connectivity index (χ4v) is 2.56. The van der Waals surface area contributed by atoms with Gasteiger partial charge in [-0.15, -0.1) is 0 Å². The first-order chi connectivity index (χ1) is 13.8. The Hall–Kier alpha value is -3.19. The fourth-order valence-electron chi connectivity index (χ4n) is 2.37. The molecular weight excluding hydrogens is 396 g/mol. The molecule has 8 heteroatoms. The van der Waals surface area contributed by atoms with Gasteiger partial charge in [0.05, 0.1) is 10.7 Å². The van der Waals surface area contributed by atoms with Crippen molar-refractivity contribution in [2.24, 2.45) is 0 Å². The van der Waals surface area contributed by atoms with Crippen LogP contribution in [0, 0.1) is 0 Å². The summed E-state index contributed by atoms with van der Waals surface area (Å²) in [5.74, 6) is -1.40. The molecule has 0 aliphatic rings. The molecule has 0 bridgehead atoms. The minimum atomic E-state index is -0.572. The summed E-state index contributed by atoms with van der Waals surface area (Å²) in [7, 11) is 0. The molecule has 29 heavy (non-hydrogen) atoms. The average molecular weight is 417 g/mol. The highest BCUT2D eigenvalue weighted by atomic mass is 35.5. The van der Waals surface area contributed by atoms with Crippen LogP contribution in [-0.4, -0.2) is 30.2 Å². The topological polar surface area (TPSA) is 102 Å². The van der Waals surface area contributed by atoms with Crippen molar-refractivity contribution in [2.75, 3.05) is 17.2 Å². The average Bonchev–Trinajstić information content (AvgIpc) is 2.68. The third kappa shape index (κ3) is 7.75. The molecular formula is C21H21ClN2O5. The maximum Gasteiger partial charge on any atom is 0.306 e. The highest BCUT2D eigenvalue weighted by Gasteiger charge is 2.10. The molecule has 2 aromatic carbocycles. The molecule has 7 nitrogen and oxygen atoms in total. The summed E-state index contributed by atoms with van der Waals surface area (Å²) in [5, 5.41) is 5.66. The number of ether oxygens (including phenoxy) is 1. The van der Waals surface area contributed by atoms with E-state index in [1.165, 1.54) is 6.92 Å². The van der Waals surface area contributed by atoms with Crippen LogP contribution >= 0.6 is 11.6 Å². The molecule has 0 radical (unpaired) electrons. The Balaban J connectivity index is 1.65. The molecule has 0 aliphatic carbocycles. The van der Waals surface area contributed by atoms with Crippen LogP contribution in [0.15, 0.2) is 48.5 Å². The lowest BCUT2D eigenvalue weighted by Gasteiger charge is -2.08. The molecule has 0 fully saturated rings. The molecule has 2 amide bonds. The minimum Gasteiger partial charge on any atom is -0.456 e. The van der Waals surface area contributed by atoms with Crippen molar-refractivity contribution in [3.8, 4) is 0 Å². The molecule has 0 unspecified atom stereocenters. The van der Waals surface area contributed by atoms with Gasteiger partial charge in [0.2, 0.25) is 5.91 Å². The van der Waals surface area contributed by atoms with Gasteiger partial charge in [0.25, 0.3) is 5.91 Å². The Kier molecular flexibility index (Phi) is 8.36. The van der Waals surface area contributed by atoms with Crippen LogP contribution in [0.3, 0.4) is 0 Å². The quantitative estimate of drug-likeness (QED) is 0.477. The number of carbonyl (C=O) groups is 4. The van der Waals surface area contributed by atoms with Crippen LogP contribution in [0.25, 0.3) is 0 Å². The first-order valence-corrected chi connectivity index (χ1v) is 9.34. The molecule has 0 aliphatic heterocycles. The standard InChI is InChI=1S/C21H21ClN2O5/c1-14(25)15-9-11-16(12-10-15)23-20(27)13-29-21(28)8-4-7-19(26)24-18-6-3-2-5-17(18)22/h2-3,5-6,9-12H,4,7-8,13H2,1H3,(H,23,27)(H,24,26). The third-order valence-electron chi connectivity index (χ3n) is 3.87. The van der Waals surface area contributed by atoms with Crippen LogP contribution in [0.2, 0.25) is 5.02 Å². The van der Waals surface area contributed by atoms with Crippen LogP contribution in [0.1, 0.15) is 36.5 Å². The fraction of sp³-hybridized carbons (Fsp3) is 0.238. The zero-order valence-electron chi connectivity index (χ0n) is 15.9. The predicted molar refractivity (Wildman–Crippen MR) is 110 cm³/mol. The van der Waals surface area contributed by atoms with Crippen LogP contribution in [0.5, 0.6) is 0 Å². The highest BCUT2D eigenvalue weighted by molar-refractivity contribution is 6.33. The van der Waals surface area contributed by atoms with Crippen molar-refractivity contribution in [3.05, 3.63) is 59.1 Å². The van der Waals surface area contributed by atoms with E-state index >= 15 is 0 Å². The van der Waals surface area contributed by atoms with Gasteiger partial charge in [-0.05, 0) is 49.7 Å². The van der Waals surface area contributed by atoms with Gasteiger partial charge in [0.15, 0.2) is 12.4 Å². The number of esters is 1. The number of Topliss-reactive ketones (excluding diaryl/α,β-unsaturated/α-hetero) is 1. The number of benzene rings is 2. The SMILES string of the molecule is CC(=O)c1ccc(NC(=O)COC(=O)CCCC(=O)Nc2ccccc2Cl)cc1. The number of amides is 2. The van der Waals surface area contributed by atoms with Crippen molar-refractivity contribution in [2.45, 2.75) is 26.2 Å². The number of hydrogen-bond donors (Lipinski definition) is 2. The Morgan fingerprint density at radius 1 is 0.897 bits per heavy atom. The number of para-hydroxylation sites is 1. The molecule has 0 saturated carbocycles. The summed E-state index contributed by atoms with van der Waals surface area (Å²) in [4.78, 5) is 46.6. The lowest BCUT2D eigenvalue weighted by atomic mass is 10.1. The predicted octanol–water partition coefficient (Wildman–Crippen LogP) is 3.83. The second-order valence-electron chi connectivity index (χ2n) is 6.22. The van der Waals surface area contributed by atoms with Crippen LogP contribution in [-0.2, 0) is 19.1 Å². The largest absolute Gasteiger partial charge is 0.456 e. The number of anilines is 2. The Bertz CT molecular complexity index is 896. The molecule has 0 saturated heterocycles. The van der Waals surface area contributed by atoms with Crippen molar-refractivity contribution >= 4 is 46.5 Å². The van der Waals surface area contributed by atoms with Gasteiger partial charge in [0.1, 0.15) is 0 Å². The molecule has 0 spiro atoms. The Morgan fingerprint density at radius 2 is 1.59 bits per heavy atom. The summed E-state index contributed by atoms with van der Waals surface area (Å²) in [5.41, 5.74) is 1.54. The van der Waals surface area contributed by atoms with Crippen LogP contribution < -0.4 is 10.6 Å². The first kappa shape index (κ1) is 22.1. The van der Waals surface area contributed by atoms with E-state index in [4.69, 9.17) is 16.3 Å². The lowest BCUT2D eigenvalue weighted by molar-refractivity contribution is -0.147. The maximum atomic E-state index is 11.9. The van der Waals surface area contributed by atoms with E-state index < -0.39 is 18.5 Å². The summed E-state index contributed by atoms with van der Waals surface area (Å²) in [6, 6.07) is 13.2. The number of halogens is 1. The summed E-state index contributed by atoms with van der Waals surface area (Å²) < 4.78 is 4.90. The normalized spacial score (nSPS) is 10.1. The summed E-state index contributed by atoms with van der Waals surface area (Å²) in [6.07, 6.45) is 0.412. The number of hydrogen-bond acceptors (Lipinski definition) is 5. The van der Waals surface area contributed by atoms with Crippen molar-refractivity contribution < 1.29 is 23.9 Å². The first-order valence-electron chi connectivity index (χ1n) is 8.96. The van der Waals surface area contributed by atoms with Crippen molar-refractivity contribution in [1.29, 1.82) is 0 Å². The van der Waals surface area contributed by atoms with Gasteiger partial charge in [-0.3, -0.25) is 19.2 Å². The van der Waals surface area contributed by atoms with E-state index in [0.717, 1.165) is 0 Å². The highest BCUT2D eigenvalue weighted by Crippen LogP contribution is 2.20. The molecule has 2 N–H and O–H groups in total. The van der Waals surface area contributed by atoms with Crippen molar-refractivity contribution in [3.63, 3.8) is 0 Å². The van der Waals surface area contributed by atoms with Gasteiger partial charge >= 0.3 is 5.97 Å². The smallest absolute Gasteiger partial charge is 0.306 e. The van der Waals surface area contributed by atoms with Gasteiger partial charge in [-0.1, -0.05) is 23.7 Å². The van der Waals surface area contributed by atoms with Gasteiger partial charge < -0.3 is 15.4 Å². The third-order valence-corrected chi connectivity index (χ3v) is 4.20. The van der Waals surface area contributed by atoms with E-state index in [9.17, 15) is 19.2 Å². The van der Waals surface area contributed by atoms with E-state index in [2.05, 4.69) is 10.6 Å². The molecule has 0 atom stereocenters. The van der Waals surface area contributed by atoms with E-state index in [1.807, 2.05) is 0 Å². The Labute approximate surface area is 173 Å². The number of nitrogens with one attached hydrogen (secondary N) is 2. The Morgan fingerprint density at radius 3 is 2.24 bits per heavy atom. The number of carbonyl (C=O) groups excluding carboxylic acids is 4. The number of ketones is 1. The molecule has 0 aromatic heterocycles. The summed E-state index contributed by atoms with van der Waals surface area (Å²) >= 11 is 5.96. The number of rotatable bonds is 9. The zero-order chi connectivity index (χ0) is 21.2. The second kappa shape index (κ2) is 11.0. The monoisotopic (exact) mass is 416 g/mol. The zero-order valence-corrected chi connectivity index (χ0v) is 16.6. The van der Waals surface area contributed by atoms with E-state index in [1.54, 1.807) is 48.5 Å². The summed E-state index contributed by atoms with van der Waals surface area (Å²) in [6.45, 7) is 1.02. The molecule has 152 valence electrons. The van der Waals surface area contributed by atoms with E-state index in [0.29, 0.717) is 22.0 Å². The van der Waals surface area contributed by atoms with Gasteiger partial charge in [0, 0.05) is 24.1 Å². The van der Waals surface area contributed by atoms with E-state index in [-0.39, 0.29) is 31.0 Å².